The number of nitriles is 1. The van der Waals surface area contributed by atoms with Gasteiger partial charge in [-0.25, -0.2) is 0 Å². The lowest BCUT2D eigenvalue weighted by molar-refractivity contribution is -0.165. The van der Waals surface area contributed by atoms with E-state index in [0.29, 0.717) is 11.3 Å². The summed E-state index contributed by atoms with van der Waals surface area (Å²) in [7, 11) is 0. The van der Waals surface area contributed by atoms with Gasteiger partial charge in [-0.3, -0.25) is 14.7 Å². The molecule has 11 aliphatic rings. The highest BCUT2D eigenvalue weighted by Crippen LogP contribution is 2.59. The fraction of sp³-hybridized carbons (Fsp3) is 0.984. The van der Waals surface area contributed by atoms with E-state index in [2.05, 4.69) is 34.6 Å². The standard InChI is InChI=1S/C64H108N4/c1-64(2)60-43-57(66(52-18-7-3-8-19-52)53-20-9-4-10-21-53)39-41-62(60)68(55-24-13-6-14-25-55)63-42-40-58(44-61(63)64)67(54-22-11-5-12-23-54)56-37-35-49(36-38-56)47-29-27-46(28-30-47)48-31-33-50(34-32-48)59-26-16-15-17-51(59)45-65/h46-63H,3-44H2,1-2H3. The summed E-state index contributed by atoms with van der Waals surface area (Å²) >= 11 is 0. The maximum atomic E-state index is 9.90. The number of nitrogens with zero attached hydrogens (tertiary/aromatic N) is 4. The van der Waals surface area contributed by atoms with E-state index in [0.717, 1.165) is 102 Å². The summed E-state index contributed by atoms with van der Waals surface area (Å²) in [4.78, 5) is 10.1. The van der Waals surface area contributed by atoms with Crippen LogP contribution in [0.3, 0.4) is 0 Å². The van der Waals surface area contributed by atoms with Crippen molar-refractivity contribution in [2.75, 3.05) is 0 Å². The maximum Gasteiger partial charge on any atom is 0.0658 e. The quantitative estimate of drug-likeness (QED) is 0.219. The Labute approximate surface area is 420 Å². The van der Waals surface area contributed by atoms with Gasteiger partial charge in [0.1, 0.15) is 0 Å². The molecule has 0 N–H and O–H groups in total. The second-order valence-electron chi connectivity index (χ2n) is 28.2. The third-order valence-electron chi connectivity index (χ3n) is 24.8. The van der Waals surface area contributed by atoms with Crippen LogP contribution in [0.25, 0.3) is 0 Å². The molecule has 1 aliphatic heterocycles. The van der Waals surface area contributed by atoms with Crippen LogP contribution in [-0.2, 0) is 0 Å². The minimum Gasteiger partial charge on any atom is -0.294 e. The molecule has 0 bridgehead atoms. The van der Waals surface area contributed by atoms with Crippen LogP contribution in [0, 0.1) is 70.0 Å². The Balaban J connectivity index is 0.754. The third kappa shape index (κ3) is 10.5. The zero-order valence-electron chi connectivity index (χ0n) is 44.9. The van der Waals surface area contributed by atoms with Crippen molar-refractivity contribution >= 4 is 0 Å². The lowest BCUT2D eigenvalue weighted by Gasteiger charge is -2.66. The van der Waals surface area contributed by atoms with Crippen LogP contribution in [0.1, 0.15) is 284 Å². The van der Waals surface area contributed by atoms with Gasteiger partial charge in [-0.05, 0) is 233 Å². The molecule has 0 aromatic rings. The fourth-order valence-electron chi connectivity index (χ4n) is 21.4. The Kier molecular flexibility index (Phi) is 16.7. The first-order valence-corrected chi connectivity index (χ1v) is 32.2. The van der Waals surface area contributed by atoms with E-state index >= 15 is 0 Å². The fourth-order valence-corrected chi connectivity index (χ4v) is 21.4. The smallest absolute Gasteiger partial charge is 0.0658 e. The molecule has 1 saturated heterocycles. The largest absolute Gasteiger partial charge is 0.294 e. The summed E-state index contributed by atoms with van der Waals surface area (Å²) in [6, 6.07) is 10.5. The average molecular weight is 934 g/mol. The van der Waals surface area contributed by atoms with Crippen molar-refractivity contribution in [1.29, 1.82) is 5.26 Å². The van der Waals surface area contributed by atoms with Crippen molar-refractivity contribution in [2.24, 2.45) is 58.7 Å². The normalized spacial score (nSPS) is 43.4. The monoisotopic (exact) mass is 933 g/mol. The Bertz CT molecular complexity index is 1550. The second-order valence-corrected chi connectivity index (χ2v) is 28.2. The molecule has 11 rings (SSSR count). The van der Waals surface area contributed by atoms with E-state index in [9.17, 15) is 5.26 Å². The molecule has 11 fully saturated rings. The van der Waals surface area contributed by atoms with E-state index in [-0.39, 0.29) is 0 Å². The molecule has 0 aromatic heterocycles. The molecule has 384 valence electrons. The first-order chi connectivity index (χ1) is 33.4. The van der Waals surface area contributed by atoms with Crippen molar-refractivity contribution in [3.63, 3.8) is 0 Å². The van der Waals surface area contributed by atoms with Gasteiger partial charge in [-0.2, -0.15) is 5.26 Å². The van der Waals surface area contributed by atoms with E-state index in [1.807, 2.05) is 0 Å². The number of rotatable bonds is 10. The van der Waals surface area contributed by atoms with E-state index in [1.165, 1.54) is 231 Å². The summed E-state index contributed by atoms with van der Waals surface area (Å²) in [5, 5.41) is 9.90. The van der Waals surface area contributed by atoms with Gasteiger partial charge >= 0.3 is 0 Å². The minimum absolute atomic E-state index is 0.368. The number of piperidine rings is 1. The van der Waals surface area contributed by atoms with Crippen LogP contribution in [0.4, 0.5) is 0 Å². The number of hydrogen-bond acceptors (Lipinski definition) is 4. The van der Waals surface area contributed by atoms with Crippen LogP contribution in [0.2, 0.25) is 0 Å². The third-order valence-corrected chi connectivity index (χ3v) is 24.8. The summed E-state index contributed by atoms with van der Waals surface area (Å²) in [5.41, 5.74) is 0.437. The Morgan fingerprint density at radius 3 is 1.12 bits per heavy atom. The summed E-state index contributed by atoms with van der Waals surface area (Å²) in [6.45, 7) is 5.77. The van der Waals surface area contributed by atoms with Crippen LogP contribution < -0.4 is 0 Å². The van der Waals surface area contributed by atoms with Crippen LogP contribution >= 0.6 is 0 Å². The lowest BCUT2D eigenvalue weighted by Crippen LogP contribution is -2.69. The van der Waals surface area contributed by atoms with Crippen molar-refractivity contribution in [1.82, 2.24) is 14.7 Å². The molecule has 10 aliphatic carbocycles. The summed E-state index contributed by atoms with van der Waals surface area (Å²) < 4.78 is 0. The van der Waals surface area contributed by atoms with Gasteiger partial charge in [-0.1, -0.05) is 104 Å². The van der Waals surface area contributed by atoms with Crippen molar-refractivity contribution in [2.45, 2.75) is 338 Å². The summed E-state index contributed by atoms with van der Waals surface area (Å²) in [5.74, 6) is 7.75. The lowest BCUT2D eigenvalue weighted by atomic mass is 9.52. The molecule has 8 unspecified atom stereocenters. The summed E-state index contributed by atoms with van der Waals surface area (Å²) in [6.07, 6.45) is 62.3. The molecule has 0 amide bonds. The maximum absolute atomic E-state index is 9.90. The van der Waals surface area contributed by atoms with E-state index in [1.54, 1.807) is 38.5 Å². The minimum atomic E-state index is 0.368. The zero-order chi connectivity index (χ0) is 46.0. The van der Waals surface area contributed by atoms with Gasteiger partial charge < -0.3 is 0 Å². The Hall–Kier alpha value is -0.630. The molecule has 10 saturated carbocycles. The molecular weight excluding hydrogens is 825 g/mol. The molecule has 0 spiro atoms. The van der Waals surface area contributed by atoms with Gasteiger partial charge in [0, 0.05) is 60.3 Å². The molecule has 1 heterocycles. The topological polar surface area (TPSA) is 33.5 Å². The Morgan fingerprint density at radius 2 is 0.691 bits per heavy atom. The Morgan fingerprint density at radius 1 is 0.353 bits per heavy atom. The van der Waals surface area contributed by atoms with E-state index < -0.39 is 0 Å². The van der Waals surface area contributed by atoms with Crippen molar-refractivity contribution in [3.05, 3.63) is 0 Å². The van der Waals surface area contributed by atoms with Crippen LogP contribution in [-0.4, -0.2) is 69.1 Å². The first-order valence-electron chi connectivity index (χ1n) is 32.2. The van der Waals surface area contributed by atoms with Gasteiger partial charge in [0.2, 0.25) is 0 Å². The van der Waals surface area contributed by atoms with Gasteiger partial charge in [0.15, 0.2) is 0 Å². The predicted molar refractivity (Wildman–Crippen MR) is 284 cm³/mol. The highest BCUT2D eigenvalue weighted by molar-refractivity contribution is 5.12. The van der Waals surface area contributed by atoms with Gasteiger partial charge in [-0.15, -0.1) is 0 Å². The highest BCUT2D eigenvalue weighted by Gasteiger charge is 2.59. The van der Waals surface area contributed by atoms with Gasteiger partial charge in [0.25, 0.3) is 0 Å². The second kappa shape index (κ2) is 22.9. The van der Waals surface area contributed by atoms with Crippen molar-refractivity contribution in [3.8, 4) is 6.07 Å². The number of fused-ring (bicyclic) bond motifs is 2. The molecule has 68 heavy (non-hydrogen) atoms. The predicted octanol–water partition coefficient (Wildman–Crippen LogP) is 16.8. The highest BCUT2D eigenvalue weighted by atomic mass is 15.3. The molecule has 4 heteroatoms. The molecular formula is C64H108N4. The van der Waals surface area contributed by atoms with Gasteiger partial charge in [0.05, 0.1) is 6.07 Å². The van der Waals surface area contributed by atoms with Crippen LogP contribution in [0.5, 0.6) is 0 Å². The van der Waals surface area contributed by atoms with Crippen LogP contribution in [0.15, 0.2) is 0 Å². The number of hydrogen-bond donors (Lipinski definition) is 0. The molecule has 0 radical (unpaired) electrons. The molecule has 0 aromatic carbocycles. The molecule has 8 atom stereocenters. The van der Waals surface area contributed by atoms with E-state index in [4.69, 9.17) is 0 Å². The average Bonchev–Trinajstić information content (AvgIpc) is 3.41. The SMILES string of the molecule is CC1(C)C2CC(N(C3CCCCC3)C3CCCCC3)CCC2N(C2CCCCC2)C2CCC(N(C3CCCCC3)C3CCC(C4CCC(C5CCC(C6CCCCC6C#N)CC5)CC4)CC3)CC21. The number of likely N-dealkylation sites (tertiary alicyclic amines) is 1. The first kappa shape index (κ1) is 49.6. The zero-order valence-corrected chi connectivity index (χ0v) is 44.9. The van der Waals surface area contributed by atoms with Crippen molar-refractivity contribution < 1.29 is 0 Å². The molecule has 4 nitrogen and oxygen atoms in total.